The van der Waals surface area contributed by atoms with E-state index in [2.05, 4.69) is 75.5 Å². The Bertz CT molecular complexity index is 1060. The molecule has 0 amide bonds. The molecule has 0 unspecified atom stereocenters. The molecule has 1 aromatic heterocycles. The molecule has 125 valence electrons. The van der Waals surface area contributed by atoms with Crippen molar-refractivity contribution in [2.45, 2.75) is 13.1 Å². The molecule has 25 heavy (non-hydrogen) atoms. The largest absolute Gasteiger partial charge is 0.282 e. The number of hydrogen-bond donors (Lipinski definition) is 0. The lowest BCUT2D eigenvalue weighted by Crippen LogP contribution is -2.22. The van der Waals surface area contributed by atoms with Gasteiger partial charge in [0.05, 0.1) is 52.4 Å². The van der Waals surface area contributed by atoms with Gasteiger partial charge in [0, 0.05) is 10.8 Å². The lowest BCUT2D eigenvalue weighted by molar-refractivity contribution is 0.642. The SMILES string of the molecule is C[Si](C)c1ccc(N(I)c2cccc3c2sc2c(F)cccc23)cc1. The Balaban J connectivity index is 1.85. The van der Waals surface area contributed by atoms with Crippen LogP contribution in [0.15, 0.2) is 60.7 Å². The molecule has 4 aromatic rings. The summed E-state index contributed by atoms with van der Waals surface area (Å²) in [6, 6.07) is 20.3. The number of rotatable bonds is 3. The molecule has 0 aliphatic heterocycles. The summed E-state index contributed by atoms with van der Waals surface area (Å²) in [6.07, 6.45) is 0. The fourth-order valence-electron chi connectivity index (χ4n) is 2.99. The van der Waals surface area contributed by atoms with E-state index in [1.54, 1.807) is 6.07 Å². The van der Waals surface area contributed by atoms with E-state index in [-0.39, 0.29) is 5.82 Å². The average Bonchev–Trinajstić information content (AvgIpc) is 3.01. The first-order valence-electron chi connectivity index (χ1n) is 8.02. The number of nitrogens with zero attached hydrogens (tertiary/aromatic N) is 1. The molecule has 0 fully saturated rings. The normalized spacial score (nSPS) is 11.6. The second kappa shape index (κ2) is 6.70. The molecule has 0 bridgehead atoms. The van der Waals surface area contributed by atoms with Crippen LogP contribution in [0.1, 0.15) is 0 Å². The van der Waals surface area contributed by atoms with Gasteiger partial charge in [-0.15, -0.1) is 11.3 Å². The first-order chi connectivity index (χ1) is 12.1. The molecule has 1 heterocycles. The van der Waals surface area contributed by atoms with Crippen LogP contribution in [0.2, 0.25) is 13.1 Å². The Morgan fingerprint density at radius 2 is 1.52 bits per heavy atom. The molecule has 0 atom stereocenters. The van der Waals surface area contributed by atoms with Crippen LogP contribution in [0.4, 0.5) is 15.8 Å². The smallest absolute Gasteiger partial charge is 0.141 e. The summed E-state index contributed by atoms with van der Waals surface area (Å²) in [5.41, 5.74) is 2.24. The second-order valence-corrected chi connectivity index (χ2v) is 10.8. The molecule has 0 N–H and O–H groups in total. The third-order valence-electron chi connectivity index (χ3n) is 4.34. The van der Waals surface area contributed by atoms with Gasteiger partial charge in [-0.1, -0.05) is 54.7 Å². The Morgan fingerprint density at radius 3 is 2.20 bits per heavy atom. The molecule has 0 aliphatic carbocycles. The van der Waals surface area contributed by atoms with Gasteiger partial charge < -0.3 is 0 Å². The Kier molecular flexibility index (Phi) is 4.55. The summed E-state index contributed by atoms with van der Waals surface area (Å²) >= 11 is 3.87. The van der Waals surface area contributed by atoms with Gasteiger partial charge >= 0.3 is 0 Å². The van der Waals surface area contributed by atoms with E-state index in [4.69, 9.17) is 0 Å². The first-order valence-corrected chi connectivity index (χ1v) is 12.3. The molecule has 1 nitrogen and oxygen atoms in total. The van der Waals surface area contributed by atoms with Crippen LogP contribution in [-0.4, -0.2) is 8.80 Å². The minimum atomic E-state index is -0.435. The molecule has 3 aromatic carbocycles. The number of benzene rings is 3. The minimum Gasteiger partial charge on any atom is -0.282 e. The molecule has 5 heteroatoms. The molecular weight excluding hydrogens is 460 g/mol. The Morgan fingerprint density at radius 1 is 0.880 bits per heavy atom. The molecular formula is C20H16FINSSi. The summed E-state index contributed by atoms with van der Waals surface area (Å²) < 4.78 is 18.2. The van der Waals surface area contributed by atoms with Gasteiger partial charge in [-0.25, -0.2) is 4.39 Å². The maximum Gasteiger partial charge on any atom is 0.141 e. The maximum absolute atomic E-state index is 14.2. The van der Waals surface area contributed by atoms with Crippen LogP contribution in [0.3, 0.4) is 0 Å². The lowest BCUT2D eigenvalue weighted by Gasteiger charge is -2.18. The zero-order valence-corrected chi connectivity index (χ0v) is 17.9. The highest BCUT2D eigenvalue weighted by atomic mass is 127. The summed E-state index contributed by atoms with van der Waals surface area (Å²) in [4.78, 5) is 0. The van der Waals surface area contributed by atoms with Crippen molar-refractivity contribution in [3.8, 4) is 0 Å². The van der Waals surface area contributed by atoms with E-state index < -0.39 is 8.80 Å². The number of hydrogen-bond acceptors (Lipinski definition) is 2. The van der Waals surface area contributed by atoms with Gasteiger partial charge in [0.2, 0.25) is 0 Å². The summed E-state index contributed by atoms with van der Waals surface area (Å²) in [7, 11) is -0.435. The Labute approximate surface area is 166 Å². The third kappa shape index (κ3) is 2.98. The standard InChI is InChI=1S/C20H16FINSSi/c1-25(2)14-11-9-13(10-12-14)23(22)18-8-4-6-16-15-5-3-7-17(21)19(15)24-20(16)18/h3-12H,1-2H3. The number of thiophene rings is 1. The lowest BCUT2D eigenvalue weighted by atomic mass is 10.1. The highest BCUT2D eigenvalue weighted by Crippen LogP contribution is 2.43. The quantitative estimate of drug-likeness (QED) is 0.182. The van der Waals surface area contributed by atoms with E-state index in [0.29, 0.717) is 0 Å². The van der Waals surface area contributed by atoms with Gasteiger partial charge in [-0.05, 0) is 24.3 Å². The molecule has 1 radical (unpaired) electrons. The van der Waals surface area contributed by atoms with E-state index in [1.165, 1.54) is 22.6 Å². The fraction of sp³-hybridized carbons (Fsp3) is 0.100. The minimum absolute atomic E-state index is 0.144. The van der Waals surface area contributed by atoms with Gasteiger partial charge in [0.25, 0.3) is 0 Å². The summed E-state index contributed by atoms with van der Waals surface area (Å²) in [5, 5.41) is 3.54. The van der Waals surface area contributed by atoms with E-state index in [1.807, 2.05) is 12.1 Å². The maximum atomic E-state index is 14.2. The van der Waals surface area contributed by atoms with Crippen molar-refractivity contribution in [1.29, 1.82) is 0 Å². The van der Waals surface area contributed by atoms with E-state index >= 15 is 0 Å². The summed E-state index contributed by atoms with van der Waals surface area (Å²) in [6.45, 7) is 4.60. The zero-order chi connectivity index (χ0) is 17.6. The van der Waals surface area contributed by atoms with Crippen LogP contribution in [0.25, 0.3) is 20.2 Å². The predicted octanol–water partition coefficient (Wildman–Crippen LogP) is 6.64. The van der Waals surface area contributed by atoms with Crippen LogP contribution >= 0.6 is 34.2 Å². The van der Waals surface area contributed by atoms with Crippen molar-refractivity contribution >= 4 is 79.7 Å². The van der Waals surface area contributed by atoms with Crippen LogP contribution in [-0.2, 0) is 0 Å². The van der Waals surface area contributed by atoms with Gasteiger partial charge in [0.15, 0.2) is 0 Å². The molecule has 0 spiro atoms. The van der Waals surface area contributed by atoms with Crippen LogP contribution in [0.5, 0.6) is 0 Å². The van der Waals surface area contributed by atoms with Gasteiger partial charge in [-0.2, -0.15) is 0 Å². The van der Waals surface area contributed by atoms with Crippen molar-refractivity contribution in [2.24, 2.45) is 0 Å². The predicted molar refractivity (Wildman–Crippen MR) is 119 cm³/mol. The third-order valence-corrected chi connectivity index (χ3v) is 8.16. The zero-order valence-electron chi connectivity index (χ0n) is 13.9. The molecule has 0 saturated heterocycles. The topological polar surface area (TPSA) is 3.24 Å². The average molecular weight is 476 g/mol. The van der Waals surface area contributed by atoms with Gasteiger partial charge in [-0.3, -0.25) is 3.11 Å². The van der Waals surface area contributed by atoms with E-state index in [9.17, 15) is 4.39 Å². The van der Waals surface area contributed by atoms with Crippen molar-refractivity contribution in [3.05, 3.63) is 66.5 Å². The number of halogens is 2. The summed E-state index contributed by atoms with van der Waals surface area (Å²) in [5.74, 6) is -0.144. The van der Waals surface area contributed by atoms with Gasteiger partial charge in [0.1, 0.15) is 5.82 Å². The van der Waals surface area contributed by atoms with Crippen molar-refractivity contribution in [2.75, 3.05) is 3.11 Å². The van der Waals surface area contributed by atoms with Crippen molar-refractivity contribution < 1.29 is 4.39 Å². The monoisotopic (exact) mass is 476 g/mol. The number of anilines is 2. The van der Waals surface area contributed by atoms with E-state index in [0.717, 1.165) is 31.5 Å². The fourth-order valence-corrected chi connectivity index (χ4v) is 5.92. The second-order valence-electron chi connectivity index (χ2n) is 6.20. The molecule has 4 rings (SSSR count). The van der Waals surface area contributed by atoms with Crippen LogP contribution in [0, 0.1) is 5.82 Å². The highest BCUT2D eigenvalue weighted by molar-refractivity contribution is 14.1. The molecule has 0 saturated carbocycles. The van der Waals surface area contributed by atoms with Crippen molar-refractivity contribution in [1.82, 2.24) is 0 Å². The van der Waals surface area contributed by atoms with Crippen LogP contribution < -0.4 is 8.30 Å². The highest BCUT2D eigenvalue weighted by Gasteiger charge is 2.15. The number of fused-ring (bicyclic) bond motifs is 3. The van der Waals surface area contributed by atoms with Crippen molar-refractivity contribution in [3.63, 3.8) is 0 Å². The first kappa shape index (κ1) is 17.0. The Hall–Kier alpha value is -1.44. The molecule has 0 aliphatic rings.